The summed E-state index contributed by atoms with van der Waals surface area (Å²) in [5, 5.41) is 3.10. The van der Waals surface area contributed by atoms with Crippen LogP contribution in [-0.2, 0) is 17.9 Å². The molecule has 1 aliphatic heterocycles. The van der Waals surface area contributed by atoms with Gasteiger partial charge in [-0.2, -0.15) is 0 Å². The lowest BCUT2D eigenvalue weighted by molar-refractivity contribution is -0.125. The molecule has 1 aromatic carbocycles. The Morgan fingerprint density at radius 1 is 1.15 bits per heavy atom. The summed E-state index contributed by atoms with van der Waals surface area (Å²) < 4.78 is 0. The van der Waals surface area contributed by atoms with Crippen LogP contribution in [0.15, 0.2) is 48.7 Å². The smallest absolute Gasteiger partial charge is 0.237 e. The maximum Gasteiger partial charge on any atom is 0.237 e. The average Bonchev–Trinajstić information content (AvgIpc) is 2.73. The number of carbonyl (C=O) groups excluding carboxylic acids is 1. The van der Waals surface area contributed by atoms with E-state index in [4.69, 9.17) is 0 Å². The first kappa shape index (κ1) is 19.4. The van der Waals surface area contributed by atoms with Gasteiger partial charge in [-0.1, -0.05) is 36.4 Å². The van der Waals surface area contributed by atoms with Gasteiger partial charge in [-0.3, -0.25) is 9.69 Å². The van der Waals surface area contributed by atoms with Gasteiger partial charge < -0.3 is 10.2 Å². The summed E-state index contributed by atoms with van der Waals surface area (Å²) >= 11 is 0. The normalized spacial score (nSPS) is 15.6. The van der Waals surface area contributed by atoms with Gasteiger partial charge in [-0.15, -0.1) is 0 Å². The summed E-state index contributed by atoms with van der Waals surface area (Å²) in [6.07, 6.45) is 5.56. The number of benzene rings is 1. The predicted molar refractivity (Wildman–Crippen MR) is 110 cm³/mol. The van der Waals surface area contributed by atoms with Crippen molar-refractivity contribution in [3.63, 3.8) is 0 Å². The maximum absolute atomic E-state index is 12.6. The zero-order valence-electron chi connectivity index (χ0n) is 16.4. The number of aromatic nitrogens is 1. The summed E-state index contributed by atoms with van der Waals surface area (Å²) in [4.78, 5) is 21.6. The van der Waals surface area contributed by atoms with Crippen LogP contribution in [-0.4, -0.2) is 42.0 Å². The molecular weight excluding hydrogens is 336 g/mol. The van der Waals surface area contributed by atoms with Crippen LogP contribution < -0.4 is 10.2 Å². The standard InChI is InChI=1S/C22H30N4O/c1-18(25(2)17-19-10-5-3-6-11-19)22(27)24-16-20-12-9-13-23-21(20)26-14-7-4-8-15-26/h3,5-6,9-13,18H,4,7-8,14-17H2,1-2H3,(H,24,27)/t18-/m1/s1. The fourth-order valence-corrected chi connectivity index (χ4v) is 3.50. The third-order valence-electron chi connectivity index (χ3n) is 5.29. The minimum absolute atomic E-state index is 0.0434. The SMILES string of the molecule is C[C@H](C(=O)NCc1cccnc1N1CCCCC1)N(C)Cc1ccccc1. The number of rotatable bonds is 7. The largest absolute Gasteiger partial charge is 0.356 e. The number of nitrogens with zero attached hydrogens (tertiary/aromatic N) is 3. The lowest BCUT2D eigenvalue weighted by Gasteiger charge is -2.29. The van der Waals surface area contributed by atoms with E-state index < -0.39 is 0 Å². The number of piperidine rings is 1. The van der Waals surface area contributed by atoms with Crippen LogP contribution in [0.3, 0.4) is 0 Å². The molecule has 1 aliphatic rings. The van der Waals surface area contributed by atoms with Crippen LogP contribution in [0.4, 0.5) is 5.82 Å². The summed E-state index contributed by atoms with van der Waals surface area (Å²) in [5.74, 6) is 1.06. The van der Waals surface area contributed by atoms with Crippen molar-refractivity contribution in [2.75, 3.05) is 25.0 Å². The van der Waals surface area contributed by atoms with Crippen molar-refractivity contribution < 1.29 is 4.79 Å². The molecule has 1 amide bonds. The molecule has 1 aromatic heterocycles. The van der Waals surface area contributed by atoms with Gasteiger partial charge in [0.25, 0.3) is 0 Å². The minimum Gasteiger partial charge on any atom is -0.356 e. The van der Waals surface area contributed by atoms with Gasteiger partial charge in [0.1, 0.15) is 5.82 Å². The number of likely N-dealkylation sites (N-methyl/N-ethyl adjacent to an activating group) is 1. The van der Waals surface area contributed by atoms with Crippen molar-refractivity contribution in [2.24, 2.45) is 0 Å². The number of hydrogen-bond donors (Lipinski definition) is 1. The van der Waals surface area contributed by atoms with Gasteiger partial charge in [0, 0.05) is 37.9 Å². The van der Waals surface area contributed by atoms with Gasteiger partial charge in [0.15, 0.2) is 0 Å². The molecule has 0 radical (unpaired) electrons. The Kier molecular flexibility index (Phi) is 6.82. The van der Waals surface area contributed by atoms with E-state index in [1.165, 1.54) is 24.8 Å². The van der Waals surface area contributed by atoms with Crippen LogP contribution in [0.2, 0.25) is 0 Å². The molecule has 3 rings (SSSR count). The lowest BCUT2D eigenvalue weighted by Crippen LogP contribution is -2.42. The Hall–Kier alpha value is -2.40. The van der Waals surface area contributed by atoms with Crippen molar-refractivity contribution in [2.45, 2.75) is 45.3 Å². The van der Waals surface area contributed by atoms with Gasteiger partial charge in [0.05, 0.1) is 6.04 Å². The zero-order chi connectivity index (χ0) is 19.1. The molecule has 0 bridgehead atoms. The van der Waals surface area contributed by atoms with Gasteiger partial charge in [-0.25, -0.2) is 4.98 Å². The molecule has 5 nitrogen and oxygen atoms in total. The van der Waals surface area contributed by atoms with Gasteiger partial charge in [-0.05, 0) is 44.9 Å². The highest BCUT2D eigenvalue weighted by atomic mass is 16.2. The average molecular weight is 367 g/mol. The number of carbonyl (C=O) groups is 1. The molecule has 2 heterocycles. The number of pyridine rings is 1. The Balaban J connectivity index is 1.57. The van der Waals surface area contributed by atoms with E-state index in [9.17, 15) is 4.79 Å². The predicted octanol–water partition coefficient (Wildman–Crippen LogP) is 3.21. The molecule has 2 aromatic rings. The van der Waals surface area contributed by atoms with Crippen LogP contribution in [0.5, 0.6) is 0 Å². The molecule has 1 atom stereocenters. The second-order valence-electron chi connectivity index (χ2n) is 7.33. The number of anilines is 1. The molecule has 144 valence electrons. The first-order valence-electron chi connectivity index (χ1n) is 9.86. The van der Waals surface area contributed by atoms with E-state index in [1.807, 2.05) is 44.4 Å². The summed E-state index contributed by atoms with van der Waals surface area (Å²) in [6, 6.07) is 14.0. The molecule has 0 spiro atoms. The Morgan fingerprint density at radius 2 is 1.89 bits per heavy atom. The Bertz CT molecular complexity index is 728. The highest BCUT2D eigenvalue weighted by molar-refractivity contribution is 5.81. The molecular formula is C22H30N4O. The molecule has 1 saturated heterocycles. The van der Waals surface area contributed by atoms with Crippen molar-refractivity contribution in [1.82, 2.24) is 15.2 Å². The number of nitrogens with one attached hydrogen (secondary N) is 1. The van der Waals surface area contributed by atoms with Crippen LogP contribution in [0.25, 0.3) is 0 Å². The fraction of sp³-hybridized carbons (Fsp3) is 0.455. The molecule has 1 N–H and O–H groups in total. The van der Waals surface area contributed by atoms with Crippen LogP contribution in [0, 0.1) is 0 Å². The number of amides is 1. The van der Waals surface area contributed by atoms with Crippen LogP contribution >= 0.6 is 0 Å². The van der Waals surface area contributed by atoms with E-state index in [1.54, 1.807) is 0 Å². The first-order valence-corrected chi connectivity index (χ1v) is 9.86. The van der Waals surface area contributed by atoms with Gasteiger partial charge >= 0.3 is 0 Å². The minimum atomic E-state index is -0.194. The van der Waals surface area contributed by atoms with E-state index >= 15 is 0 Å². The molecule has 1 fully saturated rings. The van der Waals surface area contributed by atoms with Gasteiger partial charge in [0.2, 0.25) is 5.91 Å². The van der Waals surface area contributed by atoms with Crippen molar-refractivity contribution in [1.29, 1.82) is 0 Å². The number of hydrogen-bond acceptors (Lipinski definition) is 4. The summed E-state index contributed by atoms with van der Waals surface area (Å²) in [6.45, 7) is 5.32. The third-order valence-corrected chi connectivity index (χ3v) is 5.29. The van der Waals surface area contributed by atoms with Crippen molar-refractivity contribution >= 4 is 11.7 Å². The highest BCUT2D eigenvalue weighted by Gasteiger charge is 2.20. The molecule has 27 heavy (non-hydrogen) atoms. The molecule has 0 aliphatic carbocycles. The summed E-state index contributed by atoms with van der Waals surface area (Å²) in [7, 11) is 1.99. The lowest BCUT2D eigenvalue weighted by atomic mass is 10.1. The molecule has 0 saturated carbocycles. The quantitative estimate of drug-likeness (QED) is 0.817. The van der Waals surface area contributed by atoms with Crippen LogP contribution in [0.1, 0.15) is 37.3 Å². The highest BCUT2D eigenvalue weighted by Crippen LogP contribution is 2.21. The zero-order valence-corrected chi connectivity index (χ0v) is 16.4. The molecule has 5 heteroatoms. The topological polar surface area (TPSA) is 48.5 Å². The van der Waals surface area contributed by atoms with Crippen molar-refractivity contribution in [3.05, 3.63) is 59.8 Å². The maximum atomic E-state index is 12.6. The second kappa shape index (κ2) is 9.51. The Morgan fingerprint density at radius 3 is 2.63 bits per heavy atom. The first-order chi connectivity index (χ1) is 13.1. The van der Waals surface area contributed by atoms with E-state index in [0.29, 0.717) is 6.54 Å². The monoisotopic (exact) mass is 366 g/mol. The Labute approximate surface area is 162 Å². The van der Waals surface area contributed by atoms with E-state index in [2.05, 4.69) is 38.3 Å². The van der Waals surface area contributed by atoms with Crippen molar-refractivity contribution in [3.8, 4) is 0 Å². The van der Waals surface area contributed by atoms with E-state index in [-0.39, 0.29) is 11.9 Å². The summed E-state index contributed by atoms with van der Waals surface area (Å²) in [5.41, 5.74) is 2.30. The fourth-order valence-electron chi connectivity index (χ4n) is 3.50. The van der Waals surface area contributed by atoms with E-state index in [0.717, 1.165) is 31.0 Å². The second-order valence-corrected chi connectivity index (χ2v) is 7.33. The third kappa shape index (κ3) is 5.30. The molecule has 0 unspecified atom stereocenters.